The van der Waals surface area contributed by atoms with Crippen LogP contribution in [0.15, 0.2) is 17.1 Å². The van der Waals surface area contributed by atoms with Crippen LogP contribution >= 0.6 is 0 Å². The van der Waals surface area contributed by atoms with Crippen molar-refractivity contribution in [3.8, 4) is 5.75 Å². The third kappa shape index (κ3) is 2.43. The van der Waals surface area contributed by atoms with Gasteiger partial charge in [-0.1, -0.05) is 0 Å². The normalized spacial score (nSPS) is 20.3. The number of piperazine rings is 1. The number of carbonyl (C=O) groups is 1. The number of carboxylic acid groups (broad SMARTS) is 1. The maximum Gasteiger partial charge on any atom is 0.341 e. The highest BCUT2D eigenvalue weighted by Crippen LogP contribution is 2.41. The molecule has 138 valence electrons. The van der Waals surface area contributed by atoms with Gasteiger partial charge < -0.3 is 19.3 Å². The van der Waals surface area contributed by atoms with E-state index in [2.05, 4.69) is 0 Å². The molecule has 9 heteroatoms. The third-order valence-corrected chi connectivity index (χ3v) is 5.00. The number of anilines is 1. The van der Waals surface area contributed by atoms with E-state index in [1.807, 2.05) is 11.8 Å². The number of nitrogens with zero attached hydrogens (tertiary/aromatic N) is 3. The second kappa shape index (κ2) is 5.96. The van der Waals surface area contributed by atoms with Crippen LogP contribution in [0.1, 0.15) is 23.3 Å². The molecule has 2 aliphatic rings. The maximum atomic E-state index is 15.0. The molecule has 0 spiro atoms. The Morgan fingerprint density at radius 1 is 1.35 bits per heavy atom. The van der Waals surface area contributed by atoms with Gasteiger partial charge in [0.1, 0.15) is 17.9 Å². The summed E-state index contributed by atoms with van der Waals surface area (Å²) < 4.78 is 22.5. The molecule has 1 aromatic heterocycles. The van der Waals surface area contributed by atoms with E-state index in [0.717, 1.165) is 6.07 Å². The fourth-order valence-corrected chi connectivity index (χ4v) is 3.60. The van der Waals surface area contributed by atoms with E-state index in [9.17, 15) is 19.1 Å². The molecule has 4 rings (SSSR count). The zero-order valence-corrected chi connectivity index (χ0v) is 14.2. The topological polar surface area (TPSA) is 101 Å². The van der Waals surface area contributed by atoms with Gasteiger partial charge in [-0.3, -0.25) is 10.6 Å². The summed E-state index contributed by atoms with van der Waals surface area (Å²) in [5, 5.41) is 11.0. The van der Waals surface area contributed by atoms with Gasteiger partial charge in [0.05, 0.1) is 16.9 Å². The Morgan fingerprint density at radius 3 is 2.69 bits per heavy atom. The lowest BCUT2D eigenvalue weighted by molar-refractivity contribution is 0.0694. The summed E-state index contributed by atoms with van der Waals surface area (Å²) in [5.41, 5.74) is -0.347. The van der Waals surface area contributed by atoms with E-state index in [1.165, 1.54) is 6.20 Å². The second-order valence-corrected chi connectivity index (χ2v) is 6.70. The average molecular weight is 362 g/mol. The fourth-order valence-electron chi connectivity index (χ4n) is 3.60. The van der Waals surface area contributed by atoms with Gasteiger partial charge in [-0.2, -0.15) is 0 Å². The third-order valence-electron chi connectivity index (χ3n) is 5.00. The van der Waals surface area contributed by atoms with Gasteiger partial charge in [0.25, 0.3) is 0 Å². The lowest BCUT2D eigenvalue weighted by atomic mass is 10.1. The number of hydrazine groups is 1. The smallest absolute Gasteiger partial charge is 0.341 e. The number of hydrogen-bond donors (Lipinski definition) is 2. The van der Waals surface area contributed by atoms with Gasteiger partial charge >= 0.3 is 5.97 Å². The number of pyridine rings is 1. The highest BCUT2D eigenvalue weighted by Gasteiger charge is 2.30. The van der Waals surface area contributed by atoms with Crippen molar-refractivity contribution < 1.29 is 19.0 Å². The van der Waals surface area contributed by atoms with Crippen LogP contribution in [0.3, 0.4) is 0 Å². The minimum Gasteiger partial charge on any atom is -0.487 e. The van der Waals surface area contributed by atoms with Crippen molar-refractivity contribution >= 4 is 22.6 Å². The number of benzene rings is 1. The first kappa shape index (κ1) is 16.8. The number of carboxylic acids is 1. The maximum absolute atomic E-state index is 15.0. The first-order valence-corrected chi connectivity index (χ1v) is 8.40. The standard InChI is InChI=1S/C17H19FN4O4/c1-9-8-26-16-13-10(15(23)11(17(24)25)7-22(9)13)6-12(18)14(16)20-2-4-21(19)5-3-20/h6-7,9H,2-5,8,19H2,1H3,(H,24,25). The molecule has 8 nitrogen and oxygen atoms in total. The molecule has 1 aromatic carbocycles. The molecule has 1 atom stereocenters. The Hall–Kier alpha value is -2.65. The van der Waals surface area contributed by atoms with E-state index in [0.29, 0.717) is 37.4 Å². The van der Waals surface area contributed by atoms with Crippen molar-refractivity contribution in [3.63, 3.8) is 0 Å². The molecule has 1 fully saturated rings. The number of aromatic carboxylic acids is 1. The summed E-state index contributed by atoms with van der Waals surface area (Å²) in [6, 6.07) is 0.943. The van der Waals surface area contributed by atoms with Gasteiger partial charge in [0.15, 0.2) is 11.6 Å². The van der Waals surface area contributed by atoms with Gasteiger partial charge in [-0.25, -0.2) is 14.2 Å². The minimum absolute atomic E-state index is 0.0187. The van der Waals surface area contributed by atoms with Crippen LogP contribution in [0.25, 0.3) is 10.9 Å². The average Bonchev–Trinajstić information content (AvgIpc) is 2.60. The lowest BCUT2D eigenvalue weighted by Crippen LogP contribution is -2.49. The minimum atomic E-state index is -1.33. The Kier molecular flexibility index (Phi) is 3.85. The summed E-state index contributed by atoms with van der Waals surface area (Å²) in [7, 11) is 0. The van der Waals surface area contributed by atoms with Gasteiger partial charge in [0, 0.05) is 32.4 Å². The number of rotatable bonds is 2. The summed E-state index contributed by atoms with van der Waals surface area (Å²) in [4.78, 5) is 25.8. The molecule has 2 aromatic rings. The summed E-state index contributed by atoms with van der Waals surface area (Å²) in [5.74, 6) is 4.13. The zero-order chi connectivity index (χ0) is 18.6. The zero-order valence-electron chi connectivity index (χ0n) is 14.2. The first-order valence-electron chi connectivity index (χ1n) is 8.40. The van der Waals surface area contributed by atoms with E-state index in [4.69, 9.17) is 10.6 Å². The predicted molar refractivity (Wildman–Crippen MR) is 93.3 cm³/mol. The molecular weight excluding hydrogens is 343 g/mol. The number of halogens is 1. The molecule has 0 radical (unpaired) electrons. The Balaban J connectivity index is 2.00. The molecule has 3 heterocycles. The summed E-state index contributed by atoms with van der Waals surface area (Å²) in [6.45, 7) is 4.34. The summed E-state index contributed by atoms with van der Waals surface area (Å²) in [6.07, 6.45) is 1.32. The number of hydrogen-bond acceptors (Lipinski definition) is 6. The van der Waals surface area contributed by atoms with Crippen LogP contribution in [0.4, 0.5) is 10.1 Å². The monoisotopic (exact) mass is 362 g/mol. The van der Waals surface area contributed by atoms with Crippen molar-refractivity contribution in [2.75, 3.05) is 37.7 Å². The first-order chi connectivity index (χ1) is 12.4. The second-order valence-electron chi connectivity index (χ2n) is 6.70. The number of aromatic nitrogens is 1. The molecule has 1 saturated heterocycles. The van der Waals surface area contributed by atoms with E-state index in [-0.39, 0.29) is 29.3 Å². The van der Waals surface area contributed by atoms with E-state index < -0.39 is 17.2 Å². The lowest BCUT2D eigenvalue weighted by Gasteiger charge is -2.36. The van der Waals surface area contributed by atoms with Crippen molar-refractivity contribution in [2.24, 2.45) is 5.84 Å². The molecule has 0 saturated carbocycles. The predicted octanol–water partition coefficient (Wildman–Crippen LogP) is 0.788. The van der Waals surface area contributed by atoms with Crippen molar-refractivity contribution in [1.29, 1.82) is 0 Å². The van der Waals surface area contributed by atoms with Crippen molar-refractivity contribution in [2.45, 2.75) is 13.0 Å². The molecule has 1 unspecified atom stereocenters. The van der Waals surface area contributed by atoms with Crippen LogP contribution in [0.5, 0.6) is 5.75 Å². The van der Waals surface area contributed by atoms with Gasteiger partial charge in [-0.05, 0) is 13.0 Å². The SMILES string of the molecule is CC1COc2c(N3CCN(N)CC3)c(F)cc3c(=O)c(C(=O)O)cn1c23. The van der Waals surface area contributed by atoms with Crippen molar-refractivity contribution in [3.05, 3.63) is 33.9 Å². The van der Waals surface area contributed by atoms with Crippen LogP contribution in [-0.2, 0) is 0 Å². The highest BCUT2D eigenvalue weighted by atomic mass is 19.1. The van der Waals surface area contributed by atoms with Crippen LogP contribution < -0.4 is 20.9 Å². The molecule has 2 aliphatic heterocycles. The molecule has 0 amide bonds. The van der Waals surface area contributed by atoms with Crippen LogP contribution in [0.2, 0.25) is 0 Å². The van der Waals surface area contributed by atoms with Crippen molar-refractivity contribution in [1.82, 2.24) is 9.58 Å². The molecule has 0 bridgehead atoms. The Labute approximate surface area is 148 Å². The van der Waals surface area contributed by atoms with Crippen LogP contribution in [-0.4, -0.2) is 53.4 Å². The fraction of sp³-hybridized carbons (Fsp3) is 0.412. The molecule has 0 aliphatic carbocycles. The van der Waals surface area contributed by atoms with E-state index in [1.54, 1.807) is 9.58 Å². The number of nitrogens with two attached hydrogens (primary N) is 1. The highest BCUT2D eigenvalue weighted by molar-refractivity contribution is 5.97. The summed E-state index contributed by atoms with van der Waals surface area (Å²) >= 11 is 0. The van der Waals surface area contributed by atoms with Gasteiger partial charge in [0.2, 0.25) is 5.43 Å². The molecular formula is C17H19FN4O4. The van der Waals surface area contributed by atoms with E-state index >= 15 is 0 Å². The van der Waals surface area contributed by atoms with Crippen LogP contribution in [0, 0.1) is 5.82 Å². The van der Waals surface area contributed by atoms with Gasteiger partial charge in [-0.15, -0.1) is 0 Å². The Bertz CT molecular complexity index is 966. The molecule has 3 N–H and O–H groups in total. The number of ether oxygens (including phenoxy) is 1. The molecule has 26 heavy (non-hydrogen) atoms. The Morgan fingerprint density at radius 2 is 2.04 bits per heavy atom. The quantitative estimate of drug-likeness (QED) is 0.762. The largest absolute Gasteiger partial charge is 0.487 e.